The summed E-state index contributed by atoms with van der Waals surface area (Å²) >= 11 is 0. The summed E-state index contributed by atoms with van der Waals surface area (Å²) in [6.07, 6.45) is 0. The summed E-state index contributed by atoms with van der Waals surface area (Å²) in [6.45, 7) is 3.49. The minimum atomic E-state index is -0.562. The number of anilines is 1. The fourth-order valence-corrected chi connectivity index (χ4v) is 1.32. The summed E-state index contributed by atoms with van der Waals surface area (Å²) in [5.74, 6) is -0.935. The molecule has 0 saturated heterocycles. The van der Waals surface area contributed by atoms with E-state index in [1.54, 1.807) is 6.07 Å². The van der Waals surface area contributed by atoms with Gasteiger partial charge in [-0.1, -0.05) is 6.07 Å². The third-order valence-electron chi connectivity index (χ3n) is 2.42. The fourth-order valence-electron chi connectivity index (χ4n) is 1.32. The highest BCUT2D eigenvalue weighted by atomic mass is 16.6. The maximum absolute atomic E-state index is 11.5. The normalized spacial score (nSPS) is 9.94. The quantitative estimate of drug-likeness (QED) is 0.804. The number of ether oxygens (including phenoxy) is 2. The Morgan fingerprint density at radius 1 is 1.17 bits per heavy atom. The molecule has 0 unspecified atom stereocenters. The first-order valence-electron chi connectivity index (χ1n) is 5.54. The van der Waals surface area contributed by atoms with E-state index in [1.807, 2.05) is 26.0 Å². The third-order valence-corrected chi connectivity index (χ3v) is 2.42. The summed E-state index contributed by atoms with van der Waals surface area (Å²) in [4.78, 5) is 22.5. The van der Waals surface area contributed by atoms with Crippen LogP contribution < -0.4 is 5.32 Å². The van der Waals surface area contributed by atoms with Gasteiger partial charge in [-0.05, 0) is 37.1 Å². The second kappa shape index (κ2) is 6.76. The number of carbonyl (C=O) groups is 2. The van der Waals surface area contributed by atoms with Gasteiger partial charge in [-0.25, -0.2) is 4.79 Å². The molecule has 0 fully saturated rings. The van der Waals surface area contributed by atoms with Gasteiger partial charge in [0.25, 0.3) is 5.91 Å². The lowest BCUT2D eigenvalue weighted by molar-refractivity contribution is -0.150. The first kappa shape index (κ1) is 14.2. The van der Waals surface area contributed by atoms with Gasteiger partial charge in [-0.2, -0.15) is 0 Å². The van der Waals surface area contributed by atoms with Gasteiger partial charge < -0.3 is 14.8 Å². The summed E-state index contributed by atoms with van der Waals surface area (Å²) in [5.41, 5.74) is 2.93. The number of esters is 1. The molecule has 1 rings (SSSR count). The maximum atomic E-state index is 11.5. The Hall–Kier alpha value is -1.88. The average Bonchev–Trinajstić information content (AvgIpc) is 2.32. The highest BCUT2D eigenvalue weighted by Crippen LogP contribution is 2.13. The number of hydrogen-bond donors (Lipinski definition) is 1. The van der Waals surface area contributed by atoms with E-state index in [0.717, 1.165) is 11.1 Å². The van der Waals surface area contributed by atoms with E-state index in [9.17, 15) is 9.59 Å². The van der Waals surface area contributed by atoms with Crippen molar-refractivity contribution in [2.75, 3.05) is 25.6 Å². The lowest BCUT2D eigenvalue weighted by Gasteiger charge is -2.08. The van der Waals surface area contributed by atoms with Crippen LogP contribution >= 0.6 is 0 Å². The molecule has 0 aliphatic heterocycles. The molecule has 1 N–H and O–H groups in total. The molecule has 1 aromatic rings. The van der Waals surface area contributed by atoms with Gasteiger partial charge in [-0.3, -0.25) is 4.79 Å². The standard InChI is InChI=1S/C13H17NO4/c1-9-4-5-11(6-10(9)2)14-12(15)7-18-13(16)8-17-3/h4-6H,7-8H2,1-3H3,(H,14,15). The second-order valence-electron chi connectivity index (χ2n) is 3.94. The van der Waals surface area contributed by atoms with Gasteiger partial charge in [0.1, 0.15) is 6.61 Å². The van der Waals surface area contributed by atoms with Gasteiger partial charge in [0.15, 0.2) is 6.61 Å². The topological polar surface area (TPSA) is 64.6 Å². The molecular weight excluding hydrogens is 234 g/mol. The van der Waals surface area contributed by atoms with Gasteiger partial charge in [-0.15, -0.1) is 0 Å². The Bertz CT molecular complexity index is 443. The van der Waals surface area contributed by atoms with E-state index in [4.69, 9.17) is 4.74 Å². The van der Waals surface area contributed by atoms with E-state index in [-0.39, 0.29) is 19.1 Å². The Balaban J connectivity index is 2.44. The molecule has 1 amide bonds. The summed E-state index contributed by atoms with van der Waals surface area (Å²) < 4.78 is 9.27. The largest absolute Gasteiger partial charge is 0.454 e. The molecule has 0 spiro atoms. The van der Waals surface area contributed by atoms with Gasteiger partial charge in [0.2, 0.25) is 0 Å². The number of carbonyl (C=O) groups excluding carboxylic acids is 2. The van der Waals surface area contributed by atoms with E-state index in [1.165, 1.54) is 7.11 Å². The fraction of sp³-hybridized carbons (Fsp3) is 0.385. The lowest BCUT2D eigenvalue weighted by atomic mass is 10.1. The molecule has 0 heterocycles. The monoisotopic (exact) mass is 251 g/mol. The number of rotatable bonds is 5. The lowest BCUT2D eigenvalue weighted by Crippen LogP contribution is -2.22. The van der Waals surface area contributed by atoms with Crippen LogP contribution in [0.15, 0.2) is 18.2 Å². The van der Waals surface area contributed by atoms with Crippen molar-refractivity contribution in [3.63, 3.8) is 0 Å². The number of benzene rings is 1. The minimum absolute atomic E-state index is 0.156. The van der Waals surface area contributed by atoms with Crippen molar-refractivity contribution in [1.82, 2.24) is 0 Å². The molecule has 0 aromatic heterocycles. The first-order chi connectivity index (χ1) is 8.52. The molecule has 18 heavy (non-hydrogen) atoms. The maximum Gasteiger partial charge on any atom is 0.332 e. The smallest absolute Gasteiger partial charge is 0.332 e. The molecule has 0 atom stereocenters. The molecule has 0 radical (unpaired) electrons. The van der Waals surface area contributed by atoms with Crippen molar-refractivity contribution in [3.8, 4) is 0 Å². The van der Waals surface area contributed by atoms with Crippen molar-refractivity contribution in [3.05, 3.63) is 29.3 Å². The number of amides is 1. The van der Waals surface area contributed by atoms with E-state index in [0.29, 0.717) is 5.69 Å². The molecule has 0 aliphatic rings. The van der Waals surface area contributed by atoms with Crippen LogP contribution in [0.2, 0.25) is 0 Å². The number of nitrogens with one attached hydrogen (secondary N) is 1. The van der Waals surface area contributed by atoms with E-state index >= 15 is 0 Å². The van der Waals surface area contributed by atoms with Gasteiger partial charge >= 0.3 is 5.97 Å². The summed E-state index contributed by atoms with van der Waals surface area (Å²) in [7, 11) is 1.39. The number of aryl methyl sites for hydroxylation is 2. The van der Waals surface area contributed by atoms with Crippen LogP contribution in [0.5, 0.6) is 0 Å². The zero-order chi connectivity index (χ0) is 13.5. The summed E-state index contributed by atoms with van der Waals surface area (Å²) in [6, 6.07) is 5.59. The van der Waals surface area contributed by atoms with Crippen molar-refractivity contribution in [2.45, 2.75) is 13.8 Å². The minimum Gasteiger partial charge on any atom is -0.454 e. The molecular formula is C13H17NO4. The first-order valence-corrected chi connectivity index (χ1v) is 5.54. The molecule has 0 aliphatic carbocycles. The molecule has 1 aromatic carbocycles. The molecule has 5 nitrogen and oxygen atoms in total. The predicted octanol–water partition coefficient (Wildman–Crippen LogP) is 1.43. The Morgan fingerprint density at radius 3 is 2.50 bits per heavy atom. The Morgan fingerprint density at radius 2 is 1.89 bits per heavy atom. The number of hydrogen-bond acceptors (Lipinski definition) is 4. The summed E-state index contributed by atoms with van der Waals surface area (Å²) in [5, 5.41) is 2.65. The molecule has 98 valence electrons. The highest BCUT2D eigenvalue weighted by Gasteiger charge is 2.07. The van der Waals surface area contributed by atoms with Crippen molar-refractivity contribution in [2.24, 2.45) is 0 Å². The van der Waals surface area contributed by atoms with E-state index < -0.39 is 5.97 Å². The van der Waals surface area contributed by atoms with Crippen LogP contribution in [0.4, 0.5) is 5.69 Å². The van der Waals surface area contributed by atoms with E-state index in [2.05, 4.69) is 10.1 Å². The van der Waals surface area contributed by atoms with Crippen LogP contribution in [0, 0.1) is 13.8 Å². The molecule has 0 bridgehead atoms. The van der Waals surface area contributed by atoms with Crippen LogP contribution in [-0.4, -0.2) is 32.2 Å². The van der Waals surface area contributed by atoms with Crippen molar-refractivity contribution in [1.29, 1.82) is 0 Å². The second-order valence-corrected chi connectivity index (χ2v) is 3.94. The van der Waals surface area contributed by atoms with Crippen LogP contribution in [0.1, 0.15) is 11.1 Å². The Kier molecular flexibility index (Phi) is 5.32. The third kappa shape index (κ3) is 4.55. The van der Waals surface area contributed by atoms with Gasteiger partial charge in [0.05, 0.1) is 0 Å². The zero-order valence-electron chi connectivity index (χ0n) is 10.8. The van der Waals surface area contributed by atoms with Crippen LogP contribution in [-0.2, 0) is 19.1 Å². The van der Waals surface area contributed by atoms with Crippen molar-refractivity contribution >= 4 is 17.6 Å². The molecule has 5 heteroatoms. The Labute approximate surface area is 106 Å². The van der Waals surface area contributed by atoms with Crippen LogP contribution in [0.25, 0.3) is 0 Å². The average molecular weight is 251 g/mol. The molecule has 0 saturated carbocycles. The SMILES string of the molecule is COCC(=O)OCC(=O)Nc1ccc(C)c(C)c1. The number of methoxy groups -OCH3 is 1. The zero-order valence-corrected chi connectivity index (χ0v) is 10.8. The predicted molar refractivity (Wildman–Crippen MR) is 67.4 cm³/mol. The van der Waals surface area contributed by atoms with Crippen LogP contribution in [0.3, 0.4) is 0 Å². The highest BCUT2D eigenvalue weighted by molar-refractivity contribution is 5.92. The van der Waals surface area contributed by atoms with Gasteiger partial charge in [0, 0.05) is 12.8 Å². The van der Waals surface area contributed by atoms with Crippen molar-refractivity contribution < 1.29 is 19.1 Å².